The Balaban J connectivity index is 1.57. The van der Waals surface area contributed by atoms with E-state index in [4.69, 9.17) is 9.47 Å². The fraction of sp³-hybridized carbons (Fsp3) is 0.200. The van der Waals surface area contributed by atoms with Crippen LogP contribution in [0.15, 0.2) is 72.8 Å². The summed E-state index contributed by atoms with van der Waals surface area (Å²) in [5, 5.41) is 2.84. The summed E-state index contributed by atoms with van der Waals surface area (Å²) in [6.45, 7) is 2.23. The monoisotopic (exact) mass is 416 g/mol. The van der Waals surface area contributed by atoms with E-state index in [0.29, 0.717) is 29.5 Å². The van der Waals surface area contributed by atoms with Crippen molar-refractivity contribution in [2.75, 3.05) is 25.5 Å². The number of nitrogens with one attached hydrogen (secondary N) is 1. The minimum absolute atomic E-state index is 0.0474. The second-order valence-corrected chi connectivity index (χ2v) is 7.24. The maximum absolute atomic E-state index is 13.6. The van der Waals surface area contributed by atoms with Gasteiger partial charge in [0.1, 0.15) is 17.2 Å². The number of likely N-dealkylation sites (N-methyl/N-ethyl adjacent to an activating group) is 1. The van der Waals surface area contributed by atoms with E-state index in [1.807, 2.05) is 55.5 Å². The summed E-state index contributed by atoms with van der Waals surface area (Å²) in [7, 11) is 1.57. The highest BCUT2D eigenvalue weighted by Gasteiger charge is 2.35. The third-order valence-corrected chi connectivity index (χ3v) is 5.31. The normalized spacial score (nSPS) is 12.2. The van der Waals surface area contributed by atoms with Crippen molar-refractivity contribution in [2.45, 2.75) is 12.8 Å². The van der Waals surface area contributed by atoms with Crippen LogP contribution in [0.4, 0.5) is 5.69 Å². The van der Waals surface area contributed by atoms with Crippen molar-refractivity contribution in [1.82, 2.24) is 4.90 Å². The number of rotatable bonds is 6. The molecule has 3 aromatic carbocycles. The van der Waals surface area contributed by atoms with Gasteiger partial charge in [-0.25, -0.2) is 0 Å². The molecule has 1 aliphatic heterocycles. The molecule has 1 N–H and O–H groups in total. The van der Waals surface area contributed by atoms with E-state index in [9.17, 15) is 9.59 Å². The zero-order valence-corrected chi connectivity index (χ0v) is 17.5. The van der Waals surface area contributed by atoms with Crippen LogP contribution in [0, 0.1) is 0 Å². The van der Waals surface area contributed by atoms with Crippen molar-refractivity contribution in [2.24, 2.45) is 0 Å². The largest absolute Gasteiger partial charge is 0.497 e. The summed E-state index contributed by atoms with van der Waals surface area (Å²) in [6, 6.07) is 22.2. The second kappa shape index (κ2) is 8.92. The Morgan fingerprint density at radius 1 is 0.968 bits per heavy atom. The standard InChI is InChI=1S/C25H24N2O4/c1-3-27(16-23(28)26-17-9-8-10-18(15-17)30-2)25(29)24-19-11-4-6-13-21(19)31-22-14-7-5-12-20(22)24/h4-15,24H,3,16H2,1-2H3,(H,26,28). The highest BCUT2D eigenvalue weighted by Crippen LogP contribution is 2.44. The molecule has 3 aromatic rings. The highest BCUT2D eigenvalue weighted by molar-refractivity contribution is 5.97. The number of hydrogen-bond acceptors (Lipinski definition) is 4. The molecular formula is C25H24N2O4. The number of amides is 2. The van der Waals surface area contributed by atoms with Crippen LogP contribution in [-0.2, 0) is 9.59 Å². The minimum atomic E-state index is -0.522. The van der Waals surface area contributed by atoms with Crippen LogP contribution in [0.5, 0.6) is 17.2 Å². The van der Waals surface area contributed by atoms with Gasteiger partial charge in [0.2, 0.25) is 11.8 Å². The number of methoxy groups -OCH3 is 1. The van der Waals surface area contributed by atoms with Crippen molar-refractivity contribution in [3.63, 3.8) is 0 Å². The van der Waals surface area contributed by atoms with E-state index in [0.717, 1.165) is 11.1 Å². The molecular weight excluding hydrogens is 392 g/mol. The number of ether oxygens (including phenoxy) is 2. The fourth-order valence-corrected chi connectivity index (χ4v) is 3.78. The average molecular weight is 416 g/mol. The van der Waals surface area contributed by atoms with E-state index < -0.39 is 5.92 Å². The summed E-state index contributed by atoms with van der Waals surface area (Å²) >= 11 is 0. The smallest absolute Gasteiger partial charge is 0.243 e. The Kier molecular flexibility index (Phi) is 5.89. The maximum Gasteiger partial charge on any atom is 0.243 e. The van der Waals surface area contributed by atoms with Gasteiger partial charge in [-0.15, -0.1) is 0 Å². The molecule has 2 amide bonds. The van der Waals surface area contributed by atoms with Gasteiger partial charge in [-0.1, -0.05) is 42.5 Å². The van der Waals surface area contributed by atoms with Crippen LogP contribution in [0.3, 0.4) is 0 Å². The molecule has 0 saturated heterocycles. The lowest BCUT2D eigenvalue weighted by Gasteiger charge is -2.31. The first-order valence-electron chi connectivity index (χ1n) is 10.2. The highest BCUT2D eigenvalue weighted by atomic mass is 16.5. The molecule has 6 heteroatoms. The number of carbonyl (C=O) groups excluding carboxylic acids is 2. The Hall–Kier alpha value is -3.80. The molecule has 6 nitrogen and oxygen atoms in total. The molecule has 0 atom stereocenters. The SMILES string of the molecule is CCN(CC(=O)Nc1cccc(OC)c1)C(=O)C1c2ccccc2Oc2ccccc21. The summed E-state index contributed by atoms with van der Waals surface area (Å²) in [4.78, 5) is 27.9. The van der Waals surface area contributed by atoms with Crippen molar-refractivity contribution in [3.05, 3.63) is 83.9 Å². The minimum Gasteiger partial charge on any atom is -0.497 e. The molecule has 4 rings (SSSR count). The van der Waals surface area contributed by atoms with Gasteiger partial charge in [-0.05, 0) is 31.2 Å². The molecule has 0 radical (unpaired) electrons. The molecule has 1 aliphatic rings. The number of nitrogens with zero attached hydrogens (tertiary/aromatic N) is 1. The zero-order valence-electron chi connectivity index (χ0n) is 17.5. The van der Waals surface area contributed by atoms with Gasteiger partial charge in [0, 0.05) is 29.4 Å². The number of hydrogen-bond donors (Lipinski definition) is 1. The van der Waals surface area contributed by atoms with Crippen LogP contribution in [0.1, 0.15) is 24.0 Å². The predicted octanol–water partition coefficient (Wildman–Crippen LogP) is 4.42. The number of carbonyl (C=O) groups is 2. The van der Waals surface area contributed by atoms with Gasteiger partial charge < -0.3 is 19.7 Å². The van der Waals surface area contributed by atoms with Gasteiger partial charge >= 0.3 is 0 Å². The molecule has 158 valence electrons. The van der Waals surface area contributed by atoms with E-state index in [2.05, 4.69) is 5.32 Å². The van der Waals surface area contributed by atoms with Gasteiger partial charge in [0.25, 0.3) is 0 Å². The summed E-state index contributed by atoms with van der Waals surface area (Å²) < 4.78 is 11.2. The second-order valence-electron chi connectivity index (χ2n) is 7.24. The molecule has 0 bridgehead atoms. The third-order valence-electron chi connectivity index (χ3n) is 5.31. The van der Waals surface area contributed by atoms with Crippen LogP contribution in [-0.4, -0.2) is 36.9 Å². The zero-order chi connectivity index (χ0) is 21.8. The summed E-state index contributed by atoms with van der Waals surface area (Å²) in [6.07, 6.45) is 0. The third kappa shape index (κ3) is 4.23. The van der Waals surface area contributed by atoms with Crippen molar-refractivity contribution >= 4 is 17.5 Å². The number of para-hydroxylation sites is 2. The lowest BCUT2D eigenvalue weighted by Crippen LogP contribution is -2.41. The maximum atomic E-state index is 13.6. The molecule has 0 saturated carbocycles. The van der Waals surface area contributed by atoms with Gasteiger partial charge in [-0.2, -0.15) is 0 Å². The summed E-state index contributed by atoms with van der Waals surface area (Å²) in [5.74, 6) is 1.05. The molecule has 0 unspecified atom stereocenters. The van der Waals surface area contributed by atoms with E-state index in [-0.39, 0.29) is 18.4 Å². The molecule has 31 heavy (non-hydrogen) atoms. The van der Waals surface area contributed by atoms with Crippen molar-refractivity contribution < 1.29 is 19.1 Å². The first-order chi connectivity index (χ1) is 15.1. The van der Waals surface area contributed by atoms with E-state index in [1.54, 1.807) is 36.3 Å². The van der Waals surface area contributed by atoms with Crippen molar-refractivity contribution in [3.8, 4) is 17.2 Å². The lowest BCUT2D eigenvalue weighted by atomic mass is 9.87. The topological polar surface area (TPSA) is 67.9 Å². The molecule has 0 fully saturated rings. The van der Waals surface area contributed by atoms with Crippen LogP contribution >= 0.6 is 0 Å². The number of anilines is 1. The summed E-state index contributed by atoms with van der Waals surface area (Å²) in [5.41, 5.74) is 2.23. The quantitative estimate of drug-likeness (QED) is 0.646. The average Bonchev–Trinajstić information content (AvgIpc) is 2.80. The fourth-order valence-electron chi connectivity index (χ4n) is 3.78. The first kappa shape index (κ1) is 20.5. The van der Waals surface area contributed by atoms with Crippen LogP contribution in [0.25, 0.3) is 0 Å². The van der Waals surface area contributed by atoms with Crippen LogP contribution < -0.4 is 14.8 Å². The molecule has 1 heterocycles. The molecule has 0 spiro atoms. The van der Waals surface area contributed by atoms with Gasteiger partial charge in [-0.3, -0.25) is 9.59 Å². The van der Waals surface area contributed by atoms with E-state index in [1.165, 1.54) is 0 Å². The predicted molar refractivity (Wildman–Crippen MR) is 119 cm³/mol. The molecule has 0 aliphatic carbocycles. The number of benzene rings is 3. The Morgan fingerprint density at radius 2 is 1.61 bits per heavy atom. The van der Waals surface area contributed by atoms with Crippen LogP contribution in [0.2, 0.25) is 0 Å². The molecule has 0 aromatic heterocycles. The Labute approximate surface area is 181 Å². The van der Waals surface area contributed by atoms with Crippen molar-refractivity contribution in [1.29, 1.82) is 0 Å². The lowest BCUT2D eigenvalue weighted by molar-refractivity contribution is -0.135. The van der Waals surface area contributed by atoms with E-state index >= 15 is 0 Å². The Morgan fingerprint density at radius 3 is 2.23 bits per heavy atom. The van der Waals surface area contributed by atoms with Gasteiger partial charge in [0.15, 0.2) is 0 Å². The van der Waals surface area contributed by atoms with Gasteiger partial charge in [0.05, 0.1) is 19.6 Å². The number of fused-ring (bicyclic) bond motifs is 2. The first-order valence-corrected chi connectivity index (χ1v) is 10.2. The Bertz CT molecular complexity index is 1070.